The fourth-order valence-electron chi connectivity index (χ4n) is 1.45. The van der Waals surface area contributed by atoms with Crippen LogP contribution in [0.5, 0.6) is 0 Å². The Balaban J connectivity index is 2.22. The predicted octanol–water partition coefficient (Wildman–Crippen LogP) is 3.14. The molecule has 17 heavy (non-hydrogen) atoms. The lowest BCUT2D eigenvalue weighted by Gasteiger charge is -2.05. The summed E-state index contributed by atoms with van der Waals surface area (Å²) in [5.41, 5.74) is 5.15. The van der Waals surface area contributed by atoms with Crippen LogP contribution >= 0.6 is 11.8 Å². The summed E-state index contributed by atoms with van der Waals surface area (Å²) in [6.07, 6.45) is 0. The Morgan fingerprint density at radius 3 is 2.65 bits per heavy atom. The van der Waals surface area contributed by atoms with Crippen LogP contribution in [0.2, 0.25) is 0 Å². The minimum absolute atomic E-state index is 0.679. The van der Waals surface area contributed by atoms with Gasteiger partial charge in [0.1, 0.15) is 10.8 Å². The Morgan fingerprint density at radius 1 is 1.12 bits per heavy atom. The minimum atomic E-state index is 0.679. The van der Waals surface area contributed by atoms with E-state index < -0.39 is 0 Å². The number of nitrogens with zero attached hydrogens (tertiary/aromatic N) is 1. The van der Waals surface area contributed by atoms with Gasteiger partial charge >= 0.3 is 0 Å². The summed E-state index contributed by atoms with van der Waals surface area (Å²) in [6, 6.07) is 12.2. The smallest absolute Gasteiger partial charge is 0.141 e. The van der Waals surface area contributed by atoms with E-state index in [0.717, 1.165) is 5.03 Å². The molecule has 0 aliphatic rings. The summed E-state index contributed by atoms with van der Waals surface area (Å²) >= 11 is 1.63. The SMILES string of the molecule is Cc1ccc(Sc2cccc(NN)n2)cc1C. The molecule has 0 amide bonds. The molecule has 3 nitrogen and oxygen atoms in total. The molecular weight excluding hydrogens is 230 g/mol. The average Bonchev–Trinajstić information content (AvgIpc) is 2.34. The highest BCUT2D eigenvalue weighted by Gasteiger charge is 2.01. The van der Waals surface area contributed by atoms with E-state index in [-0.39, 0.29) is 0 Å². The highest BCUT2D eigenvalue weighted by atomic mass is 32.2. The van der Waals surface area contributed by atoms with E-state index in [2.05, 4.69) is 42.5 Å². The summed E-state index contributed by atoms with van der Waals surface area (Å²) < 4.78 is 0. The fraction of sp³-hybridized carbons (Fsp3) is 0.154. The van der Waals surface area contributed by atoms with Crippen molar-refractivity contribution in [1.29, 1.82) is 0 Å². The van der Waals surface area contributed by atoms with E-state index in [1.54, 1.807) is 11.8 Å². The molecule has 0 radical (unpaired) electrons. The van der Waals surface area contributed by atoms with Crippen molar-refractivity contribution >= 4 is 17.6 Å². The number of aryl methyl sites for hydroxylation is 2. The number of nitrogens with two attached hydrogens (primary N) is 1. The monoisotopic (exact) mass is 245 g/mol. The van der Waals surface area contributed by atoms with Crippen molar-refractivity contribution in [2.45, 2.75) is 23.8 Å². The van der Waals surface area contributed by atoms with Gasteiger partial charge in [0.25, 0.3) is 0 Å². The Hall–Kier alpha value is -1.52. The quantitative estimate of drug-likeness (QED) is 0.644. The van der Waals surface area contributed by atoms with Crippen molar-refractivity contribution in [3.63, 3.8) is 0 Å². The fourth-order valence-corrected chi connectivity index (χ4v) is 2.35. The van der Waals surface area contributed by atoms with E-state index >= 15 is 0 Å². The van der Waals surface area contributed by atoms with Crippen LogP contribution in [0.25, 0.3) is 0 Å². The van der Waals surface area contributed by atoms with E-state index in [1.165, 1.54) is 16.0 Å². The van der Waals surface area contributed by atoms with Crippen LogP contribution in [0.15, 0.2) is 46.3 Å². The summed E-state index contributed by atoms with van der Waals surface area (Å²) in [4.78, 5) is 5.56. The molecule has 0 bridgehead atoms. The van der Waals surface area contributed by atoms with Gasteiger partial charge in [-0.1, -0.05) is 23.9 Å². The van der Waals surface area contributed by atoms with Gasteiger partial charge < -0.3 is 5.43 Å². The van der Waals surface area contributed by atoms with Crippen LogP contribution in [0.1, 0.15) is 11.1 Å². The molecule has 0 spiro atoms. The summed E-state index contributed by atoms with van der Waals surface area (Å²) in [7, 11) is 0. The number of pyridine rings is 1. The van der Waals surface area contributed by atoms with Gasteiger partial charge in [-0.25, -0.2) is 10.8 Å². The average molecular weight is 245 g/mol. The molecule has 1 aromatic carbocycles. The first kappa shape index (κ1) is 12.0. The summed E-state index contributed by atoms with van der Waals surface area (Å²) in [5, 5.41) is 0.934. The molecule has 0 atom stereocenters. The lowest BCUT2D eigenvalue weighted by atomic mass is 10.1. The number of rotatable bonds is 3. The second-order valence-corrected chi connectivity index (χ2v) is 4.95. The molecule has 0 aliphatic heterocycles. The highest BCUT2D eigenvalue weighted by molar-refractivity contribution is 7.99. The predicted molar refractivity (Wildman–Crippen MR) is 72.1 cm³/mol. The lowest BCUT2D eigenvalue weighted by Crippen LogP contribution is -2.08. The molecule has 1 heterocycles. The number of hydrazine groups is 1. The van der Waals surface area contributed by atoms with Gasteiger partial charge in [0.2, 0.25) is 0 Å². The molecule has 0 unspecified atom stereocenters. The zero-order valence-electron chi connectivity index (χ0n) is 9.90. The maximum atomic E-state index is 5.33. The number of hydrogen-bond acceptors (Lipinski definition) is 4. The largest absolute Gasteiger partial charge is 0.308 e. The molecule has 0 saturated heterocycles. The van der Waals surface area contributed by atoms with Crippen molar-refractivity contribution < 1.29 is 0 Å². The topological polar surface area (TPSA) is 50.9 Å². The number of benzene rings is 1. The van der Waals surface area contributed by atoms with Gasteiger partial charge in [0.05, 0.1) is 0 Å². The molecule has 2 aromatic rings. The van der Waals surface area contributed by atoms with Crippen LogP contribution in [0.3, 0.4) is 0 Å². The Kier molecular flexibility index (Phi) is 3.66. The second kappa shape index (κ2) is 5.21. The van der Waals surface area contributed by atoms with Crippen molar-refractivity contribution in [1.82, 2.24) is 4.98 Å². The number of anilines is 1. The first-order valence-electron chi connectivity index (χ1n) is 5.38. The third-order valence-electron chi connectivity index (χ3n) is 2.57. The maximum absolute atomic E-state index is 5.33. The first-order valence-corrected chi connectivity index (χ1v) is 6.19. The van der Waals surface area contributed by atoms with E-state index in [9.17, 15) is 0 Å². The standard InChI is InChI=1S/C13H15N3S/c1-9-6-7-11(8-10(9)2)17-13-5-3-4-12(15-13)16-14/h3-8H,14H2,1-2H3,(H,15,16). The molecule has 2 rings (SSSR count). The zero-order valence-corrected chi connectivity index (χ0v) is 10.7. The molecular formula is C13H15N3S. The molecule has 4 heteroatoms. The maximum Gasteiger partial charge on any atom is 0.141 e. The molecule has 0 fully saturated rings. The molecule has 1 aromatic heterocycles. The third-order valence-corrected chi connectivity index (χ3v) is 3.50. The number of nitrogens with one attached hydrogen (secondary N) is 1. The normalized spacial score (nSPS) is 10.3. The van der Waals surface area contributed by atoms with Crippen molar-refractivity contribution in [2.75, 3.05) is 5.43 Å². The van der Waals surface area contributed by atoms with E-state index in [4.69, 9.17) is 5.84 Å². The Bertz CT molecular complexity index is 526. The van der Waals surface area contributed by atoms with Crippen molar-refractivity contribution in [2.24, 2.45) is 5.84 Å². The van der Waals surface area contributed by atoms with Crippen LogP contribution < -0.4 is 11.3 Å². The van der Waals surface area contributed by atoms with Crippen molar-refractivity contribution in [3.05, 3.63) is 47.5 Å². The summed E-state index contributed by atoms with van der Waals surface area (Å²) in [5.74, 6) is 6.01. The zero-order chi connectivity index (χ0) is 12.3. The first-order chi connectivity index (χ1) is 8.19. The van der Waals surface area contributed by atoms with Crippen LogP contribution in [0, 0.1) is 13.8 Å². The molecule has 88 valence electrons. The number of aromatic nitrogens is 1. The minimum Gasteiger partial charge on any atom is -0.308 e. The van der Waals surface area contributed by atoms with Crippen LogP contribution in [0.4, 0.5) is 5.82 Å². The molecule has 0 saturated carbocycles. The van der Waals surface area contributed by atoms with Crippen LogP contribution in [-0.4, -0.2) is 4.98 Å². The van der Waals surface area contributed by atoms with Gasteiger partial charge in [-0.2, -0.15) is 0 Å². The Labute approximate surface area is 105 Å². The third kappa shape index (κ3) is 2.99. The van der Waals surface area contributed by atoms with E-state index in [1.807, 2.05) is 18.2 Å². The van der Waals surface area contributed by atoms with Gasteiger partial charge in [-0.05, 0) is 49.2 Å². The van der Waals surface area contributed by atoms with Crippen molar-refractivity contribution in [3.8, 4) is 0 Å². The number of nitrogen functional groups attached to an aromatic ring is 1. The molecule has 0 aliphatic carbocycles. The summed E-state index contributed by atoms with van der Waals surface area (Å²) in [6.45, 7) is 4.23. The van der Waals surface area contributed by atoms with Crippen LogP contribution in [-0.2, 0) is 0 Å². The second-order valence-electron chi connectivity index (χ2n) is 3.85. The van der Waals surface area contributed by atoms with Gasteiger partial charge in [0, 0.05) is 4.90 Å². The lowest BCUT2D eigenvalue weighted by molar-refractivity contribution is 1.10. The highest BCUT2D eigenvalue weighted by Crippen LogP contribution is 2.28. The number of hydrogen-bond donors (Lipinski definition) is 2. The Morgan fingerprint density at radius 2 is 1.94 bits per heavy atom. The van der Waals surface area contributed by atoms with Gasteiger partial charge in [-0.3, -0.25) is 0 Å². The van der Waals surface area contributed by atoms with Gasteiger partial charge in [-0.15, -0.1) is 0 Å². The van der Waals surface area contributed by atoms with E-state index in [0.29, 0.717) is 5.82 Å². The molecule has 3 N–H and O–H groups in total. The van der Waals surface area contributed by atoms with Gasteiger partial charge in [0.15, 0.2) is 0 Å².